The maximum Gasteiger partial charge on any atom is 0.251 e. The Labute approximate surface area is 151 Å². The molecular formula is C17H17ClN2O4S. The zero-order valence-corrected chi connectivity index (χ0v) is 15.0. The van der Waals surface area contributed by atoms with E-state index in [1.807, 2.05) is 0 Å². The van der Waals surface area contributed by atoms with Crippen LogP contribution in [0.25, 0.3) is 0 Å². The number of anilines is 1. The Morgan fingerprint density at radius 3 is 2.40 bits per heavy atom. The van der Waals surface area contributed by atoms with Crippen molar-refractivity contribution in [1.29, 1.82) is 0 Å². The number of benzene rings is 2. The van der Waals surface area contributed by atoms with Crippen LogP contribution in [0.2, 0.25) is 5.02 Å². The monoisotopic (exact) mass is 380 g/mol. The van der Waals surface area contributed by atoms with Crippen molar-refractivity contribution >= 4 is 38.9 Å². The maximum atomic E-state index is 12.2. The third-order valence-electron chi connectivity index (χ3n) is 3.24. The van der Waals surface area contributed by atoms with Crippen molar-refractivity contribution in [3.8, 4) is 0 Å². The predicted octanol–water partition coefficient (Wildman–Crippen LogP) is 2.50. The summed E-state index contributed by atoms with van der Waals surface area (Å²) in [6.07, 6.45) is 0. The number of carbonyl (C=O) groups is 2. The number of sulfone groups is 1. The van der Waals surface area contributed by atoms with Crippen LogP contribution < -0.4 is 10.6 Å². The first-order chi connectivity index (χ1) is 11.8. The molecule has 2 rings (SSSR count). The molecule has 0 aliphatic rings. The van der Waals surface area contributed by atoms with Gasteiger partial charge in [-0.05, 0) is 49.4 Å². The third kappa shape index (κ3) is 5.30. The fraction of sp³-hybridized carbons (Fsp3) is 0.176. The van der Waals surface area contributed by atoms with Gasteiger partial charge in [0, 0.05) is 22.8 Å². The molecule has 0 saturated heterocycles. The highest BCUT2D eigenvalue weighted by Crippen LogP contribution is 2.16. The van der Waals surface area contributed by atoms with Crippen molar-refractivity contribution in [2.75, 3.05) is 17.6 Å². The standard InChI is InChI=1S/C17H17ClN2O4S/c1-2-19-17(22)12-4-3-5-14(10-12)20-16(21)11-25(23,24)15-8-6-13(18)7-9-15/h3-10H,2,11H2,1H3,(H,19,22)(H,20,21). The van der Waals surface area contributed by atoms with Gasteiger partial charge >= 0.3 is 0 Å². The molecule has 0 aliphatic carbocycles. The summed E-state index contributed by atoms with van der Waals surface area (Å²) < 4.78 is 24.5. The highest BCUT2D eigenvalue weighted by Gasteiger charge is 2.19. The van der Waals surface area contributed by atoms with E-state index in [2.05, 4.69) is 10.6 Å². The van der Waals surface area contributed by atoms with Gasteiger partial charge in [0.1, 0.15) is 5.75 Å². The average molecular weight is 381 g/mol. The van der Waals surface area contributed by atoms with Crippen LogP contribution in [0.1, 0.15) is 17.3 Å². The number of hydrogen-bond acceptors (Lipinski definition) is 4. The van der Waals surface area contributed by atoms with Gasteiger partial charge in [-0.15, -0.1) is 0 Å². The number of rotatable bonds is 6. The number of nitrogens with one attached hydrogen (secondary N) is 2. The Morgan fingerprint density at radius 1 is 1.08 bits per heavy atom. The Bertz CT molecular complexity index is 880. The molecule has 0 fully saturated rings. The second-order valence-electron chi connectivity index (χ2n) is 5.20. The van der Waals surface area contributed by atoms with Gasteiger partial charge < -0.3 is 10.6 Å². The Hall–Kier alpha value is -2.38. The molecule has 0 bridgehead atoms. The summed E-state index contributed by atoms with van der Waals surface area (Å²) in [5.41, 5.74) is 0.722. The molecule has 0 aromatic heterocycles. The first-order valence-electron chi connectivity index (χ1n) is 7.48. The summed E-state index contributed by atoms with van der Waals surface area (Å²) in [6.45, 7) is 2.28. The third-order valence-corrected chi connectivity index (χ3v) is 5.12. The predicted molar refractivity (Wildman–Crippen MR) is 96.6 cm³/mol. The molecule has 0 saturated carbocycles. The van der Waals surface area contributed by atoms with Gasteiger partial charge in [-0.2, -0.15) is 0 Å². The van der Waals surface area contributed by atoms with E-state index in [9.17, 15) is 18.0 Å². The second-order valence-corrected chi connectivity index (χ2v) is 7.63. The number of hydrogen-bond donors (Lipinski definition) is 2. The highest BCUT2D eigenvalue weighted by atomic mass is 35.5. The molecule has 132 valence electrons. The lowest BCUT2D eigenvalue weighted by Gasteiger charge is -2.08. The zero-order chi connectivity index (χ0) is 18.4. The molecule has 2 aromatic rings. The van der Waals surface area contributed by atoms with Crippen LogP contribution in [0.3, 0.4) is 0 Å². The molecule has 2 aromatic carbocycles. The zero-order valence-electron chi connectivity index (χ0n) is 13.5. The number of carbonyl (C=O) groups excluding carboxylic acids is 2. The minimum Gasteiger partial charge on any atom is -0.352 e. The largest absolute Gasteiger partial charge is 0.352 e. The summed E-state index contributed by atoms with van der Waals surface area (Å²) in [6, 6.07) is 11.9. The molecule has 0 spiro atoms. The van der Waals surface area contributed by atoms with Gasteiger partial charge in [0.25, 0.3) is 5.91 Å². The topological polar surface area (TPSA) is 92.3 Å². The molecule has 0 unspecified atom stereocenters. The number of amides is 2. The van der Waals surface area contributed by atoms with E-state index >= 15 is 0 Å². The quantitative estimate of drug-likeness (QED) is 0.805. The van der Waals surface area contributed by atoms with Crippen LogP contribution in [0.4, 0.5) is 5.69 Å². The Morgan fingerprint density at radius 2 is 1.76 bits per heavy atom. The van der Waals surface area contributed by atoms with Gasteiger partial charge in [0.15, 0.2) is 9.84 Å². The molecule has 2 N–H and O–H groups in total. The van der Waals surface area contributed by atoms with Crippen molar-refractivity contribution < 1.29 is 18.0 Å². The van der Waals surface area contributed by atoms with E-state index in [1.54, 1.807) is 25.1 Å². The normalized spacial score (nSPS) is 11.0. The molecule has 0 radical (unpaired) electrons. The van der Waals surface area contributed by atoms with Gasteiger partial charge in [0.05, 0.1) is 4.90 Å². The van der Waals surface area contributed by atoms with Crippen LogP contribution in [-0.4, -0.2) is 32.5 Å². The first kappa shape index (κ1) is 19.0. The summed E-state index contributed by atoms with van der Waals surface area (Å²) in [5, 5.41) is 5.55. The van der Waals surface area contributed by atoms with Gasteiger partial charge in [-0.1, -0.05) is 17.7 Å². The van der Waals surface area contributed by atoms with Crippen molar-refractivity contribution in [2.45, 2.75) is 11.8 Å². The lowest BCUT2D eigenvalue weighted by atomic mass is 10.2. The molecule has 25 heavy (non-hydrogen) atoms. The van der Waals surface area contributed by atoms with Gasteiger partial charge in [0.2, 0.25) is 5.91 Å². The molecule has 0 aliphatic heterocycles. The Kier molecular flexibility index (Phi) is 6.17. The molecule has 2 amide bonds. The van der Waals surface area contributed by atoms with Gasteiger partial charge in [-0.25, -0.2) is 8.42 Å². The second kappa shape index (κ2) is 8.13. The highest BCUT2D eigenvalue weighted by molar-refractivity contribution is 7.92. The van der Waals surface area contributed by atoms with Crippen molar-refractivity contribution in [2.24, 2.45) is 0 Å². The van der Waals surface area contributed by atoms with E-state index in [1.165, 1.54) is 30.3 Å². The lowest BCUT2D eigenvalue weighted by molar-refractivity contribution is -0.113. The van der Waals surface area contributed by atoms with E-state index in [-0.39, 0.29) is 10.8 Å². The van der Waals surface area contributed by atoms with E-state index in [0.717, 1.165) is 0 Å². The minimum atomic E-state index is -3.78. The van der Waals surface area contributed by atoms with E-state index in [0.29, 0.717) is 22.8 Å². The van der Waals surface area contributed by atoms with E-state index in [4.69, 9.17) is 11.6 Å². The van der Waals surface area contributed by atoms with Crippen LogP contribution in [0.15, 0.2) is 53.4 Å². The van der Waals surface area contributed by atoms with Crippen LogP contribution >= 0.6 is 11.6 Å². The fourth-order valence-electron chi connectivity index (χ4n) is 2.10. The summed E-state index contributed by atoms with van der Waals surface area (Å²) >= 11 is 5.73. The maximum absolute atomic E-state index is 12.2. The van der Waals surface area contributed by atoms with Crippen molar-refractivity contribution in [3.05, 3.63) is 59.1 Å². The van der Waals surface area contributed by atoms with Crippen LogP contribution in [0.5, 0.6) is 0 Å². The smallest absolute Gasteiger partial charge is 0.251 e. The summed E-state index contributed by atoms with van der Waals surface area (Å²) in [5.74, 6) is -1.67. The summed E-state index contributed by atoms with van der Waals surface area (Å²) in [7, 11) is -3.78. The minimum absolute atomic E-state index is 0.0168. The average Bonchev–Trinajstić information content (AvgIpc) is 2.55. The molecular weight excluding hydrogens is 364 g/mol. The lowest BCUT2D eigenvalue weighted by Crippen LogP contribution is -2.24. The fourth-order valence-corrected chi connectivity index (χ4v) is 3.36. The summed E-state index contributed by atoms with van der Waals surface area (Å²) in [4.78, 5) is 23.9. The first-order valence-corrected chi connectivity index (χ1v) is 9.51. The van der Waals surface area contributed by atoms with Crippen LogP contribution in [0, 0.1) is 0 Å². The van der Waals surface area contributed by atoms with Crippen molar-refractivity contribution in [3.63, 3.8) is 0 Å². The molecule has 6 nitrogen and oxygen atoms in total. The molecule has 0 heterocycles. The Balaban J connectivity index is 2.08. The SMILES string of the molecule is CCNC(=O)c1cccc(NC(=O)CS(=O)(=O)c2ccc(Cl)cc2)c1. The van der Waals surface area contributed by atoms with E-state index < -0.39 is 21.5 Å². The molecule has 8 heteroatoms. The number of halogens is 1. The van der Waals surface area contributed by atoms with Crippen LogP contribution in [-0.2, 0) is 14.6 Å². The van der Waals surface area contributed by atoms with Crippen molar-refractivity contribution in [1.82, 2.24) is 5.32 Å². The van der Waals surface area contributed by atoms with Gasteiger partial charge in [-0.3, -0.25) is 9.59 Å². The molecule has 0 atom stereocenters.